The van der Waals surface area contributed by atoms with Crippen molar-refractivity contribution in [1.82, 2.24) is 0 Å². The molecule has 162 valence electrons. The second-order valence-corrected chi connectivity index (χ2v) is 7.27. The summed E-state index contributed by atoms with van der Waals surface area (Å²) in [6.07, 6.45) is 2.71. The molecule has 0 aliphatic carbocycles. The Labute approximate surface area is 188 Å². The average Bonchev–Trinajstić information content (AvgIpc) is 2.82. The Kier molecular flexibility index (Phi) is 7.66. The molecule has 3 aromatic carbocycles. The van der Waals surface area contributed by atoms with E-state index in [2.05, 4.69) is 6.07 Å². The van der Waals surface area contributed by atoms with E-state index >= 15 is 0 Å². The van der Waals surface area contributed by atoms with E-state index in [1.54, 1.807) is 62.8 Å². The van der Waals surface area contributed by atoms with Crippen LogP contribution in [0.1, 0.15) is 28.7 Å². The summed E-state index contributed by atoms with van der Waals surface area (Å²) < 4.78 is 16.0. The number of benzene rings is 3. The first-order chi connectivity index (χ1) is 15.5. The lowest BCUT2D eigenvalue weighted by atomic mass is 10.0. The number of hydrogen-bond donors (Lipinski definition) is 0. The molecule has 0 N–H and O–H groups in total. The zero-order valence-corrected chi connectivity index (χ0v) is 18.4. The molecule has 0 saturated carbocycles. The summed E-state index contributed by atoms with van der Waals surface area (Å²) in [6.45, 7) is 2.03. The maximum absolute atomic E-state index is 12.2. The smallest absolute Gasteiger partial charge is 0.311 e. The number of nitrogens with zero attached hydrogens (tertiary/aromatic N) is 1. The van der Waals surface area contributed by atoms with Crippen molar-refractivity contribution >= 4 is 17.6 Å². The SMILES string of the molecule is COc1ccc(/C(C#N)=C\c2ccc(OC(=O)CCc3ccc(C)cc3)cc2)cc1OC. The molecule has 0 bridgehead atoms. The van der Waals surface area contributed by atoms with Crippen molar-refractivity contribution in [1.29, 1.82) is 5.26 Å². The Morgan fingerprint density at radius 2 is 1.62 bits per heavy atom. The molecular formula is C27H25NO4. The molecule has 0 fully saturated rings. The van der Waals surface area contributed by atoms with Crippen molar-refractivity contribution in [3.8, 4) is 23.3 Å². The molecule has 0 amide bonds. The van der Waals surface area contributed by atoms with Crippen LogP contribution in [-0.4, -0.2) is 20.2 Å². The van der Waals surface area contributed by atoms with Gasteiger partial charge < -0.3 is 14.2 Å². The highest BCUT2D eigenvalue weighted by atomic mass is 16.5. The number of nitriles is 1. The molecule has 0 saturated heterocycles. The minimum absolute atomic E-state index is 0.281. The van der Waals surface area contributed by atoms with E-state index in [4.69, 9.17) is 14.2 Å². The molecule has 0 unspecified atom stereocenters. The standard InChI is InChI=1S/C27H25NO4/c1-19-4-6-20(7-5-19)10-15-27(29)32-24-12-8-21(9-13-24)16-23(18-28)22-11-14-25(30-2)26(17-22)31-3/h4-9,11-14,16-17H,10,15H2,1-3H3/b23-16-. The lowest BCUT2D eigenvalue weighted by Gasteiger charge is -2.09. The van der Waals surface area contributed by atoms with Crippen LogP contribution in [0, 0.1) is 18.3 Å². The molecule has 0 heterocycles. The minimum atomic E-state index is -0.281. The highest BCUT2D eigenvalue weighted by molar-refractivity contribution is 5.90. The molecule has 0 atom stereocenters. The van der Waals surface area contributed by atoms with Crippen LogP contribution in [-0.2, 0) is 11.2 Å². The fraction of sp³-hybridized carbons (Fsp3) is 0.185. The number of allylic oxidation sites excluding steroid dienone is 1. The van der Waals surface area contributed by atoms with Gasteiger partial charge in [-0.05, 0) is 66.4 Å². The van der Waals surface area contributed by atoms with Crippen molar-refractivity contribution in [2.75, 3.05) is 14.2 Å². The number of hydrogen-bond acceptors (Lipinski definition) is 5. The minimum Gasteiger partial charge on any atom is -0.493 e. The van der Waals surface area contributed by atoms with E-state index in [1.807, 2.05) is 31.2 Å². The van der Waals surface area contributed by atoms with E-state index in [0.717, 1.165) is 16.7 Å². The van der Waals surface area contributed by atoms with E-state index < -0.39 is 0 Å². The fourth-order valence-electron chi connectivity index (χ4n) is 3.17. The van der Waals surface area contributed by atoms with Crippen molar-refractivity contribution in [2.45, 2.75) is 19.8 Å². The number of rotatable bonds is 8. The number of esters is 1. The van der Waals surface area contributed by atoms with Gasteiger partial charge in [-0.15, -0.1) is 0 Å². The summed E-state index contributed by atoms with van der Waals surface area (Å²) in [5, 5.41) is 9.61. The number of ether oxygens (including phenoxy) is 3. The monoisotopic (exact) mass is 427 g/mol. The molecule has 0 aliphatic heterocycles. The van der Waals surface area contributed by atoms with Gasteiger partial charge in [-0.2, -0.15) is 5.26 Å². The molecule has 0 aromatic heterocycles. The van der Waals surface area contributed by atoms with Crippen LogP contribution in [0.15, 0.2) is 66.7 Å². The summed E-state index contributed by atoms with van der Waals surface area (Å²) in [6, 6.07) is 22.7. The van der Waals surface area contributed by atoms with Gasteiger partial charge in [-0.1, -0.05) is 42.0 Å². The van der Waals surface area contributed by atoms with Crippen molar-refractivity contribution in [3.05, 3.63) is 89.0 Å². The topological polar surface area (TPSA) is 68.5 Å². The Hall–Kier alpha value is -4.04. The molecule has 32 heavy (non-hydrogen) atoms. The molecule has 5 heteroatoms. The third-order valence-electron chi connectivity index (χ3n) is 4.98. The second kappa shape index (κ2) is 10.8. The third-order valence-corrected chi connectivity index (χ3v) is 4.98. The summed E-state index contributed by atoms with van der Waals surface area (Å²) >= 11 is 0. The van der Waals surface area contributed by atoms with E-state index in [1.165, 1.54) is 5.56 Å². The van der Waals surface area contributed by atoms with Gasteiger partial charge in [0.25, 0.3) is 0 Å². The van der Waals surface area contributed by atoms with Crippen LogP contribution in [0.25, 0.3) is 11.6 Å². The predicted octanol–water partition coefficient (Wildman–Crippen LogP) is 5.61. The van der Waals surface area contributed by atoms with Crippen LogP contribution < -0.4 is 14.2 Å². The molecule has 0 spiro atoms. The van der Waals surface area contributed by atoms with Crippen LogP contribution in [0.3, 0.4) is 0 Å². The number of carbonyl (C=O) groups excluding carboxylic acids is 1. The predicted molar refractivity (Wildman–Crippen MR) is 125 cm³/mol. The lowest BCUT2D eigenvalue weighted by molar-refractivity contribution is -0.134. The van der Waals surface area contributed by atoms with E-state index in [0.29, 0.717) is 35.7 Å². The Bertz CT molecular complexity index is 1140. The second-order valence-electron chi connectivity index (χ2n) is 7.27. The fourth-order valence-corrected chi connectivity index (χ4v) is 3.17. The molecule has 0 aliphatic rings. The van der Waals surface area contributed by atoms with Crippen LogP contribution in [0.2, 0.25) is 0 Å². The summed E-state index contributed by atoms with van der Waals surface area (Å²) in [4.78, 5) is 12.2. The summed E-state index contributed by atoms with van der Waals surface area (Å²) in [5.41, 5.74) is 4.31. The summed E-state index contributed by atoms with van der Waals surface area (Å²) in [5.74, 6) is 1.35. The Morgan fingerprint density at radius 1 is 0.938 bits per heavy atom. The first-order valence-corrected chi connectivity index (χ1v) is 10.2. The number of methoxy groups -OCH3 is 2. The Balaban J connectivity index is 1.65. The largest absolute Gasteiger partial charge is 0.493 e. The van der Waals surface area contributed by atoms with Crippen LogP contribution >= 0.6 is 0 Å². The Morgan fingerprint density at radius 3 is 2.25 bits per heavy atom. The number of carbonyl (C=O) groups is 1. The van der Waals surface area contributed by atoms with Gasteiger partial charge in [0, 0.05) is 6.42 Å². The highest BCUT2D eigenvalue weighted by Gasteiger charge is 2.09. The van der Waals surface area contributed by atoms with Crippen LogP contribution in [0.4, 0.5) is 0 Å². The van der Waals surface area contributed by atoms with Crippen molar-refractivity contribution < 1.29 is 19.0 Å². The van der Waals surface area contributed by atoms with Gasteiger partial charge >= 0.3 is 5.97 Å². The van der Waals surface area contributed by atoms with Gasteiger partial charge in [-0.3, -0.25) is 4.79 Å². The number of aryl methyl sites for hydroxylation is 2. The first kappa shape index (κ1) is 22.6. The van der Waals surface area contributed by atoms with Gasteiger partial charge in [0.2, 0.25) is 0 Å². The van der Waals surface area contributed by atoms with E-state index in [9.17, 15) is 10.1 Å². The van der Waals surface area contributed by atoms with Gasteiger partial charge in [0.1, 0.15) is 5.75 Å². The maximum Gasteiger partial charge on any atom is 0.311 e. The molecule has 0 radical (unpaired) electrons. The van der Waals surface area contributed by atoms with Crippen molar-refractivity contribution in [2.24, 2.45) is 0 Å². The first-order valence-electron chi connectivity index (χ1n) is 10.2. The van der Waals surface area contributed by atoms with Gasteiger partial charge in [0.05, 0.1) is 25.9 Å². The van der Waals surface area contributed by atoms with E-state index in [-0.39, 0.29) is 5.97 Å². The quantitative estimate of drug-likeness (QED) is 0.202. The molecular weight excluding hydrogens is 402 g/mol. The average molecular weight is 428 g/mol. The lowest BCUT2D eigenvalue weighted by Crippen LogP contribution is -2.09. The van der Waals surface area contributed by atoms with Gasteiger partial charge in [0.15, 0.2) is 11.5 Å². The zero-order chi connectivity index (χ0) is 22.9. The zero-order valence-electron chi connectivity index (χ0n) is 18.4. The molecule has 3 rings (SSSR count). The van der Waals surface area contributed by atoms with Gasteiger partial charge in [-0.25, -0.2) is 0 Å². The molecule has 5 nitrogen and oxygen atoms in total. The maximum atomic E-state index is 12.2. The summed E-state index contributed by atoms with van der Waals surface area (Å²) in [7, 11) is 3.12. The molecule has 3 aromatic rings. The van der Waals surface area contributed by atoms with Crippen molar-refractivity contribution in [3.63, 3.8) is 0 Å². The normalized spacial score (nSPS) is 10.9. The highest BCUT2D eigenvalue weighted by Crippen LogP contribution is 2.31. The third kappa shape index (κ3) is 5.99. The van der Waals surface area contributed by atoms with Crippen LogP contribution in [0.5, 0.6) is 17.2 Å².